The smallest absolute Gasteiger partial charge is 0.167 e. The first-order chi connectivity index (χ1) is 28.4. The largest absolute Gasteiger partial charge is 0.676 e. The van der Waals surface area contributed by atoms with Crippen molar-refractivity contribution in [2.75, 3.05) is 51.1 Å². The molecule has 0 aromatic carbocycles. The number of aromatic nitrogens is 8. The number of hydrogen-bond donors (Lipinski definition) is 6. The minimum Gasteiger partial charge on any atom is -0.676 e. The van der Waals surface area contributed by atoms with Gasteiger partial charge in [0.15, 0.2) is 35.4 Å². The van der Waals surface area contributed by atoms with E-state index in [4.69, 9.17) is 72.6 Å². The third-order valence-corrected chi connectivity index (χ3v) is 13.5. The van der Waals surface area contributed by atoms with Crippen LogP contribution in [0.2, 0.25) is 0 Å². The Labute approximate surface area is 366 Å². The Bertz CT molecular complexity index is 1980. The molecule has 2 saturated heterocycles. The lowest BCUT2D eigenvalue weighted by Crippen LogP contribution is -2.44. The molecule has 0 saturated carbocycles. The van der Waals surface area contributed by atoms with Crippen molar-refractivity contribution < 1.29 is 86.4 Å². The van der Waals surface area contributed by atoms with E-state index in [2.05, 4.69) is 54.4 Å². The number of nitrogens with zero attached hydrogens (tertiary/aromatic N) is 8. The Hall–Kier alpha value is -0.900. The quantitative estimate of drug-likeness (QED) is 0.0354. The van der Waals surface area contributed by atoms with Crippen molar-refractivity contribution in [3.63, 3.8) is 0 Å². The number of anilines is 2. The first-order valence-electron chi connectivity index (χ1n) is 16.8. The maximum Gasteiger partial charge on any atom is 0.167 e. The fourth-order valence-corrected chi connectivity index (χ4v) is 9.36. The van der Waals surface area contributed by atoms with Crippen molar-refractivity contribution in [3.8, 4) is 0 Å². The van der Waals surface area contributed by atoms with E-state index >= 15 is 0 Å². The summed E-state index contributed by atoms with van der Waals surface area (Å²) in [5.41, 5.74) is 9.95. The van der Waals surface area contributed by atoms with Crippen molar-refractivity contribution in [1.82, 2.24) is 39.0 Å². The van der Waals surface area contributed by atoms with Crippen molar-refractivity contribution in [1.29, 1.82) is 0 Å². The molecule has 36 heteroatoms. The van der Waals surface area contributed by atoms with Gasteiger partial charge in [-0.1, -0.05) is 14.3 Å². The summed E-state index contributed by atoms with van der Waals surface area (Å²) in [5, 5.41) is 42.9. The van der Waals surface area contributed by atoms with Crippen molar-refractivity contribution in [2.45, 2.75) is 49.1 Å². The third-order valence-electron chi connectivity index (χ3n) is 8.91. The summed E-state index contributed by atoms with van der Waals surface area (Å²) in [6, 6.07) is 0. The van der Waals surface area contributed by atoms with Crippen LogP contribution in [-0.4, -0.2) is 136 Å². The number of rotatable bonds is 20. The van der Waals surface area contributed by atoms with Gasteiger partial charge in [-0.3, -0.25) is 18.2 Å². The molecular formula is C25H32N10O18P4S4-6. The maximum atomic E-state index is 13.4. The van der Waals surface area contributed by atoms with Crippen LogP contribution in [0, 0.1) is 5.41 Å². The van der Waals surface area contributed by atoms with E-state index in [1.54, 1.807) is 0 Å². The maximum absolute atomic E-state index is 13.4. The van der Waals surface area contributed by atoms with Crippen LogP contribution in [0.15, 0.2) is 25.3 Å². The summed E-state index contributed by atoms with van der Waals surface area (Å²) < 4.78 is 44.3. The molecule has 28 nitrogen and oxygen atoms in total. The zero-order valence-electron chi connectivity index (χ0n) is 30.3. The number of ether oxygens (including phenoxy) is 2. The highest BCUT2D eigenvalue weighted by molar-refractivity contribution is 8.35. The van der Waals surface area contributed by atoms with Gasteiger partial charge < -0.3 is 120 Å². The van der Waals surface area contributed by atoms with E-state index in [1.165, 1.54) is 21.8 Å². The van der Waals surface area contributed by atoms with Crippen LogP contribution in [0.5, 0.6) is 0 Å². The first kappa shape index (κ1) is 49.5. The SMILES string of the molecule is Nc1ncnc2c1ncn2[C@@H]1O[C@H](CO[P+]([O-])([S-])OCC(CO[P+]([O-])([O-])[S-])(CO[P+]([O-])([O-])[S-])CO[P+]([O-])([S-])OC[C@H]2O[C@@H](n3cnc4c(N)ncnc43)[C@H](O)[C@@H]2O)[C@@H](O)[C@H]1O. The second kappa shape index (κ2) is 19.5. The molecule has 0 aliphatic carbocycles. The summed E-state index contributed by atoms with van der Waals surface area (Å²) in [6.07, 6.45) is -7.33. The number of fused-ring (bicyclic) bond motifs is 2. The summed E-state index contributed by atoms with van der Waals surface area (Å²) in [4.78, 5) is 98.3. The molecule has 0 amide bonds. The molecule has 61 heavy (non-hydrogen) atoms. The van der Waals surface area contributed by atoms with Gasteiger partial charge in [-0.15, -0.1) is 0 Å². The molecule has 6 heterocycles. The van der Waals surface area contributed by atoms with Crippen LogP contribution in [0.3, 0.4) is 0 Å². The lowest BCUT2D eigenvalue weighted by atomic mass is 9.93. The van der Waals surface area contributed by atoms with Gasteiger partial charge in [0.1, 0.15) is 114 Å². The summed E-state index contributed by atoms with van der Waals surface area (Å²) in [6.45, 7) is -6.18. The van der Waals surface area contributed by atoms with Gasteiger partial charge in [0.05, 0.1) is 18.1 Å². The molecule has 2 aliphatic heterocycles. The summed E-state index contributed by atoms with van der Waals surface area (Å²) in [7, 11) is -19.7. The van der Waals surface area contributed by atoms with Crippen LogP contribution in [0.25, 0.3) is 22.3 Å². The van der Waals surface area contributed by atoms with Gasteiger partial charge in [-0.25, -0.2) is 48.0 Å². The average molecular weight is 1010 g/mol. The number of aliphatic hydroxyl groups is 4. The molecule has 0 radical (unpaired) electrons. The number of nitrogen functional groups attached to an aromatic ring is 2. The van der Waals surface area contributed by atoms with E-state index in [1.807, 2.05) is 0 Å². The first-order valence-corrected chi connectivity index (χ1v) is 27.0. The highest BCUT2D eigenvalue weighted by Crippen LogP contribution is 2.55. The van der Waals surface area contributed by atoms with E-state index < -0.39 is 123 Å². The van der Waals surface area contributed by atoms with Gasteiger partial charge in [-0.05, 0) is 0 Å². The number of hydrogen-bond acceptors (Lipinski definition) is 30. The lowest BCUT2D eigenvalue weighted by Gasteiger charge is -2.47. The normalized spacial score (nSPS) is 27.2. The van der Waals surface area contributed by atoms with Crippen molar-refractivity contribution in [2.24, 2.45) is 5.41 Å². The van der Waals surface area contributed by atoms with Gasteiger partial charge in [0.25, 0.3) is 0 Å². The zero-order chi connectivity index (χ0) is 44.7. The van der Waals surface area contributed by atoms with Gasteiger partial charge in [-0.2, -0.15) is 0 Å². The Morgan fingerprint density at radius 1 is 0.574 bits per heavy atom. The minimum absolute atomic E-state index is 0.0227. The van der Waals surface area contributed by atoms with E-state index in [-0.39, 0.29) is 34.0 Å². The van der Waals surface area contributed by atoms with Crippen molar-refractivity contribution in [3.05, 3.63) is 25.3 Å². The minimum atomic E-state index is -5.06. The molecule has 2 unspecified atom stereocenters. The predicted octanol–water partition coefficient (Wildman–Crippen LogP) is -6.79. The molecule has 340 valence electrons. The Kier molecular flexibility index (Phi) is 15.8. The molecule has 0 bridgehead atoms. The van der Waals surface area contributed by atoms with Crippen molar-refractivity contribution >= 4 is 112 Å². The van der Waals surface area contributed by atoms with Crippen LogP contribution < -0.4 is 40.8 Å². The molecule has 0 spiro atoms. The van der Waals surface area contributed by atoms with Crippen LogP contribution in [-0.2, 0) is 85.6 Å². The molecule has 2 fully saturated rings. The summed E-state index contributed by atoms with van der Waals surface area (Å²) in [5.74, 6) is 0.0454. The molecule has 6 rings (SSSR count). The zero-order valence-corrected chi connectivity index (χ0v) is 37.2. The van der Waals surface area contributed by atoms with E-state index in [9.17, 15) is 49.8 Å². The van der Waals surface area contributed by atoms with Gasteiger partial charge >= 0.3 is 0 Å². The van der Waals surface area contributed by atoms with Crippen LogP contribution >= 0.6 is 28.6 Å². The second-order valence-corrected chi connectivity index (χ2v) is 23.7. The number of aliphatic hydroxyl groups excluding tert-OH is 4. The summed E-state index contributed by atoms with van der Waals surface area (Å²) >= 11 is 18.5. The highest BCUT2D eigenvalue weighted by atomic mass is 32.7. The number of nitrogens with two attached hydrogens (primary N) is 2. The Balaban J connectivity index is 1.11. The van der Waals surface area contributed by atoms with Gasteiger partial charge in [0.2, 0.25) is 0 Å². The average Bonchev–Trinajstić information content (AvgIpc) is 3.94. The fraction of sp³-hybridized carbons (Fsp3) is 0.600. The topological polar surface area (TPSA) is 432 Å². The molecule has 10 atom stereocenters. The fourth-order valence-electron chi connectivity index (χ4n) is 5.82. The predicted molar refractivity (Wildman–Crippen MR) is 207 cm³/mol. The number of imidazole rings is 2. The molecule has 2 aliphatic rings. The van der Waals surface area contributed by atoms with Crippen LogP contribution in [0.4, 0.5) is 11.6 Å². The molecule has 4 aromatic heterocycles. The third kappa shape index (κ3) is 12.3. The Morgan fingerprint density at radius 2 is 0.934 bits per heavy atom. The molecular weight excluding hydrogens is 980 g/mol. The van der Waals surface area contributed by atoms with Gasteiger partial charge in [0, 0.05) is 0 Å². The standard InChI is InChI=1S/C25H38N10O18P4S4/c26-19-13-21(30-7-28-19)34(9-32-13)23-17(38)15(36)11(52-23)1-46-56(44,60)50-5-25(3-48-54(40,41)58,4-49-55(42,43)59)6-51-57(45,61)47-2-12-16(37)18(39)24(53-12)35-10-33-14-20(27)29-8-31-22(14)35/h7-12,15-18,23-24,36-39H,1-6H2,(H,44,60)(H,45,61)(H2,26,28,30)(H2,27,29,31)(H2,40,41,58)(H2,42,43,59)/p-6/t11-,12-,15-,16-,17-,18-,23-,24-,56?,57?/m1/s1. The van der Waals surface area contributed by atoms with Crippen LogP contribution in [0.1, 0.15) is 12.5 Å². The lowest BCUT2D eigenvalue weighted by molar-refractivity contribution is -0.328. The molecule has 4 aromatic rings. The highest BCUT2D eigenvalue weighted by Gasteiger charge is 2.47. The second-order valence-electron chi connectivity index (χ2n) is 13.2. The molecule has 8 N–H and O–H groups in total. The Morgan fingerprint density at radius 3 is 1.30 bits per heavy atom. The van der Waals surface area contributed by atoms with E-state index in [0.717, 1.165) is 12.7 Å². The monoisotopic (exact) mass is 1010 g/mol. The van der Waals surface area contributed by atoms with E-state index in [0.29, 0.717) is 0 Å².